The van der Waals surface area contributed by atoms with Crippen molar-refractivity contribution in [3.63, 3.8) is 0 Å². The number of aryl methyl sites for hydroxylation is 1. The zero-order chi connectivity index (χ0) is 14.8. The molecule has 0 aromatic heterocycles. The van der Waals surface area contributed by atoms with Gasteiger partial charge in [0, 0.05) is 0 Å². The van der Waals surface area contributed by atoms with Gasteiger partial charge in [0.2, 0.25) is 0 Å². The minimum atomic E-state index is -0.224. The number of hydrogen-bond donors (Lipinski definition) is 0. The topological polar surface area (TPSA) is 18.5 Å². The van der Waals surface area contributed by atoms with Crippen LogP contribution in [0.4, 0.5) is 0 Å². The number of rotatable bonds is 4. The maximum Gasteiger partial charge on any atom is 0.458 e. The van der Waals surface area contributed by atoms with Gasteiger partial charge in [-0.25, -0.2) is 0 Å². The van der Waals surface area contributed by atoms with E-state index in [0.717, 1.165) is 12.7 Å². The molecule has 0 amide bonds. The molecule has 1 saturated heterocycles. The van der Waals surface area contributed by atoms with Gasteiger partial charge in [0.05, 0.1) is 11.2 Å². The van der Waals surface area contributed by atoms with Gasteiger partial charge in [-0.3, -0.25) is 0 Å². The molecule has 1 aliphatic heterocycles. The Hall–Kier alpha value is -1.06. The summed E-state index contributed by atoms with van der Waals surface area (Å²) in [6.07, 6.45) is 6.21. The van der Waals surface area contributed by atoms with Crippen LogP contribution in [-0.2, 0) is 9.31 Å². The third-order valence-corrected chi connectivity index (χ3v) is 4.26. The van der Waals surface area contributed by atoms with Crippen LogP contribution in [0, 0.1) is 6.92 Å². The van der Waals surface area contributed by atoms with E-state index < -0.39 is 0 Å². The number of benzene rings is 1. The molecule has 1 heterocycles. The highest BCUT2D eigenvalue weighted by atomic mass is 16.7. The van der Waals surface area contributed by atoms with Gasteiger partial charge in [0.25, 0.3) is 0 Å². The number of hydrogen-bond acceptors (Lipinski definition) is 2. The van der Waals surface area contributed by atoms with E-state index >= 15 is 0 Å². The van der Waals surface area contributed by atoms with Gasteiger partial charge >= 0.3 is 7.12 Å². The first kappa shape index (κ1) is 15.3. The van der Waals surface area contributed by atoms with E-state index in [1.807, 2.05) is 0 Å². The largest absolute Gasteiger partial charge is 0.458 e. The van der Waals surface area contributed by atoms with Crippen LogP contribution >= 0.6 is 0 Å². The van der Waals surface area contributed by atoms with Crippen molar-refractivity contribution in [3.05, 3.63) is 41.5 Å². The van der Waals surface area contributed by atoms with Gasteiger partial charge in [0.15, 0.2) is 0 Å². The summed E-state index contributed by atoms with van der Waals surface area (Å²) in [4.78, 5) is 0. The molecule has 0 atom stereocenters. The SMILES string of the molecule is Cc1ccc(/C=C/CCB2OC(C)(C)C(C)(C)O2)cc1. The Morgan fingerprint density at radius 2 is 1.55 bits per heavy atom. The van der Waals surface area contributed by atoms with E-state index in [-0.39, 0.29) is 18.3 Å². The Morgan fingerprint density at radius 3 is 2.10 bits per heavy atom. The highest BCUT2D eigenvalue weighted by Gasteiger charge is 2.50. The van der Waals surface area contributed by atoms with Gasteiger partial charge < -0.3 is 9.31 Å². The Bertz CT molecular complexity index is 458. The van der Waals surface area contributed by atoms with Crippen LogP contribution in [-0.4, -0.2) is 18.3 Å². The highest BCUT2D eigenvalue weighted by Crippen LogP contribution is 2.37. The van der Waals surface area contributed by atoms with E-state index in [9.17, 15) is 0 Å². The third kappa shape index (κ3) is 3.53. The molecule has 20 heavy (non-hydrogen) atoms. The van der Waals surface area contributed by atoms with Gasteiger partial charge in [-0.05, 0) is 52.9 Å². The van der Waals surface area contributed by atoms with Gasteiger partial charge in [0.1, 0.15) is 0 Å². The van der Waals surface area contributed by atoms with Crippen molar-refractivity contribution in [2.45, 2.75) is 58.6 Å². The monoisotopic (exact) mass is 272 g/mol. The maximum absolute atomic E-state index is 5.98. The zero-order valence-electron chi connectivity index (χ0n) is 13.3. The van der Waals surface area contributed by atoms with Crippen molar-refractivity contribution in [2.24, 2.45) is 0 Å². The van der Waals surface area contributed by atoms with Crippen molar-refractivity contribution in [1.29, 1.82) is 0 Å². The predicted octanol–water partition coefficient (Wildman–Crippen LogP) is 4.49. The summed E-state index contributed by atoms with van der Waals surface area (Å²) >= 11 is 0. The summed E-state index contributed by atoms with van der Waals surface area (Å²) in [5.74, 6) is 0. The summed E-state index contributed by atoms with van der Waals surface area (Å²) < 4.78 is 12.0. The molecular weight excluding hydrogens is 247 g/mol. The second kappa shape index (κ2) is 5.75. The molecule has 1 aliphatic rings. The van der Waals surface area contributed by atoms with Crippen molar-refractivity contribution < 1.29 is 9.31 Å². The molecule has 0 bridgehead atoms. The summed E-state index contributed by atoms with van der Waals surface area (Å²) in [6.45, 7) is 10.5. The summed E-state index contributed by atoms with van der Waals surface area (Å²) in [5.41, 5.74) is 2.08. The Labute approximate surface area is 123 Å². The lowest BCUT2D eigenvalue weighted by molar-refractivity contribution is 0.00578. The predicted molar refractivity (Wildman–Crippen MR) is 85.7 cm³/mol. The zero-order valence-corrected chi connectivity index (χ0v) is 13.3. The molecule has 1 aromatic carbocycles. The summed E-state index contributed by atoms with van der Waals surface area (Å²) in [6, 6.07) is 8.54. The molecular formula is C17H25BO2. The molecule has 0 radical (unpaired) electrons. The second-order valence-electron chi connectivity index (χ2n) is 6.58. The van der Waals surface area contributed by atoms with E-state index in [2.05, 4.69) is 71.0 Å². The molecule has 0 spiro atoms. The fourth-order valence-corrected chi connectivity index (χ4v) is 2.21. The van der Waals surface area contributed by atoms with Gasteiger partial charge in [-0.1, -0.05) is 42.0 Å². The molecule has 1 aromatic rings. The van der Waals surface area contributed by atoms with E-state index in [4.69, 9.17) is 9.31 Å². The molecule has 2 nitrogen and oxygen atoms in total. The van der Waals surface area contributed by atoms with Crippen molar-refractivity contribution in [2.75, 3.05) is 0 Å². The average molecular weight is 272 g/mol. The van der Waals surface area contributed by atoms with Gasteiger partial charge in [-0.15, -0.1) is 0 Å². The fourth-order valence-electron chi connectivity index (χ4n) is 2.21. The van der Waals surface area contributed by atoms with Crippen LogP contribution in [0.15, 0.2) is 30.3 Å². The average Bonchev–Trinajstić information content (AvgIpc) is 2.56. The van der Waals surface area contributed by atoms with Crippen LogP contribution in [0.3, 0.4) is 0 Å². The molecule has 0 unspecified atom stereocenters. The van der Waals surface area contributed by atoms with E-state index in [1.54, 1.807) is 0 Å². The lowest BCUT2D eigenvalue weighted by Crippen LogP contribution is -2.41. The molecule has 2 rings (SSSR count). The third-order valence-electron chi connectivity index (χ3n) is 4.26. The molecule has 0 saturated carbocycles. The van der Waals surface area contributed by atoms with Crippen LogP contribution in [0.25, 0.3) is 6.08 Å². The van der Waals surface area contributed by atoms with Crippen LogP contribution in [0.2, 0.25) is 6.32 Å². The Balaban J connectivity index is 1.81. The normalized spacial score (nSPS) is 20.8. The summed E-state index contributed by atoms with van der Waals surface area (Å²) in [5, 5.41) is 0. The lowest BCUT2D eigenvalue weighted by atomic mass is 9.83. The minimum absolute atomic E-state index is 0.0948. The quantitative estimate of drug-likeness (QED) is 0.752. The van der Waals surface area contributed by atoms with E-state index in [1.165, 1.54) is 11.1 Å². The van der Waals surface area contributed by atoms with Crippen LogP contribution < -0.4 is 0 Å². The first-order chi connectivity index (χ1) is 9.30. The first-order valence-electron chi connectivity index (χ1n) is 7.39. The van der Waals surface area contributed by atoms with Crippen molar-refractivity contribution >= 4 is 13.2 Å². The van der Waals surface area contributed by atoms with E-state index in [0.29, 0.717) is 0 Å². The van der Waals surface area contributed by atoms with Gasteiger partial charge in [-0.2, -0.15) is 0 Å². The highest BCUT2D eigenvalue weighted by molar-refractivity contribution is 6.45. The minimum Gasteiger partial charge on any atom is -0.403 e. The molecule has 1 fully saturated rings. The number of allylic oxidation sites excluding steroid dienone is 1. The standard InChI is InChI=1S/C17H25BO2/c1-14-9-11-15(12-10-14)8-6-7-13-18-19-16(2,3)17(4,5)20-18/h6,8-12H,7,13H2,1-5H3/b8-6+. The lowest BCUT2D eigenvalue weighted by Gasteiger charge is -2.32. The molecule has 3 heteroatoms. The van der Waals surface area contributed by atoms with Crippen molar-refractivity contribution in [1.82, 2.24) is 0 Å². The molecule has 0 N–H and O–H groups in total. The second-order valence-corrected chi connectivity index (χ2v) is 6.58. The smallest absolute Gasteiger partial charge is 0.403 e. The molecule has 108 valence electrons. The molecule has 0 aliphatic carbocycles. The van der Waals surface area contributed by atoms with Crippen LogP contribution in [0.5, 0.6) is 0 Å². The summed E-state index contributed by atoms with van der Waals surface area (Å²) in [7, 11) is -0.0948. The first-order valence-corrected chi connectivity index (χ1v) is 7.39. The fraction of sp³-hybridized carbons (Fsp3) is 0.529. The van der Waals surface area contributed by atoms with Crippen LogP contribution in [0.1, 0.15) is 45.2 Å². The Morgan fingerprint density at radius 1 is 1.00 bits per heavy atom. The maximum atomic E-state index is 5.98. The Kier molecular flexibility index (Phi) is 4.41. The van der Waals surface area contributed by atoms with Crippen molar-refractivity contribution in [3.8, 4) is 0 Å².